The van der Waals surface area contributed by atoms with E-state index in [4.69, 9.17) is 9.47 Å². The zero-order valence-electron chi connectivity index (χ0n) is 10.3. The number of carbonyl (C=O) groups is 1. The average Bonchev–Trinajstić information content (AvgIpc) is 3.22. The lowest BCUT2D eigenvalue weighted by Gasteiger charge is -2.18. The molecule has 1 aliphatic carbocycles. The number of ketones is 1. The van der Waals surface area contributed by atoms with E-state index in [1.165, 1.54) is 12.8 Å². The van der Waals surface area contributed by atoms with Crippen LogP contribution in [0.5, 0.6) is 11.5 Å². The van der Waals surface area contributed by atoms with Gasteiger partial charge in [-0.1, -0.05) is 0 Å². The summed E-state index contributed by atoms with van der Waals surface area (Å²) in [6.45, 7) is 1.89. The van der Waals surface area contributed by atoms with Gasteiger partial charge in [0.25, 0.3) is 0 Å². The number of Topliss-reactive ketones (excluding diaryl/α,β-unsaturated/α-hetero) is 1. The monoisotopic (exact) mass is 247 g/mol. The first-order valence-corrected chi connectivity index (χ1v) is 6.49. The minimum absolute atomic E-state index is 0.153. The summed E-state index contributed by atoms with van der Waals surface area (Å²) in [7, 11) is 0. The molecule has 1 fully saturated rings. The molecule has 0 amide bonds. The Morgan fingerprint density at radius 2 is 2.00 bits per heavy atom. The first kappa shape index (κ1) is 11.5. The molecule has 1 saturated carbocycles. The van der Waals surface area contributed by atoms with E-state index in [0.717, 1.165) is 12.3 Å². The zero-order valence-corrected chi connectivity index (χ0v) is 10.3. The SMILES string of the molecule is O=C(CCNC1CC1)c1ccc2c(c1)OCCO2. The third-order valence-corrected chi connectivity index (χ3v) is 3.23. The molecule has 4 nitrogen and oxygen atoms in total. The number of ether oxygens (including phenoxy) is 2. The summed E-state index contributed by atoms with van der Waals surface area (Å²) in [5.41, 5.74) is 0.705. The van der Waals surface area contributed by atoms with E-state index < -0.39 is 0 Å². The van der Waals surface area contributed by atoms with Crippen molar-refractivity contribution in [1.82, 2.24) is 5.32 Å². The van der Waals surface area contributed by atoms with Crippen LogP contribution in [-0.4, -0.2) is 31.6 Å². The number of rotatable bonds is 5. The van der Waals surface area contributed by atoms with Gasteiger partial charge in [0.1, 0.15) is 13.2 Å². The summed E-state index contributed by atoms with van der Waals surface area (Å²) in [4.78, 5) is 12.0. The van der Waals surface area contributed by atoms with E-state index in [9.17, 15) is 4.79 Å². The Morgan fingerprint density at radius 3 is 2.78 bits per heavy atom. The smallest absolute Gasteiger partial charge is 0.164 e. The summed E-state index contributed by atoms with van der Waals surface area (Å²) in [6, 6.07) is 6.06. The van der Waals surface area contributed by atoms with Crippen LogP contribution >= 0.6 is 0 Å². The van der Waals surface area contributed by atoms with E-state index in [0.29, 0.717) is 37.0 Å². The molecule has 0 bridgehead atoms. The molecule has 4 heteroatoms. The van der Waals surface area contributed by atoms with Gasteiger partial charge in [0.15, 0.2) is 17.3 Å². The molecule has 0 saturated heterocycles. The van der Waals surface area contributed by atoms with E-state index in [1.807, 2.05) is 12.1 Å². The van der Waals surface area contributed by atoms with Gasteiger partial charge in [-0.25, -0.2) is 0 Å². The van der Waals surface area contributed by atoms with Crippen LogP contribution in [0.25, 0.3) is 0 Å². The fraction of sp³-hybridized carbons (Fsp3) is 0.500. The van der Waals surface area contributed by atoms with Gasteiger partial charge in [-0.3, -0.25) is 4.79 Å². The van der Waals surface area contributed by atoms with Crippen molar-refractivity contribution in [3.05, 3.63) is 23.8 Å². The van der Waals surface area contributed by atoms with Crippen molar-refractivity contribution in [3.8, 4) is 11.5 Å². The average molecular weight is 247 g/mol. The van der Waals surface area contributed by atoms with E-state index in [-0.39, 0.29) is 5.78 Å². The molecule has 3 rings (SSSR count). The highest BCUT2D eigenvalue weighted by atomic mass is 16.6. The second kappa shape index (κ2) is 4.98. The maximum absolute atomic E-state index is 12.0. The predicted molar refractivity (Wildman–Crippen MR) is 67.4 cm³/mol. The Morgan fingerprint density at radius 1 is 1.22 bits per heavy atom. The van der Waals surface area contributed by atoms with E-state index >= 15 is 0 Å². The Balaban J connectivity index is 1.61. The van der Waals surface area contributed by atoms with Crippen LogP contribution in [-0.2, 0) is 0 Å². The van der Waals surface area contributed by atoms with E-state index in [2.05, 4.69) is 5.32 Å². The maximum Gasteiger partial charge on any atom is 0.164 e. The lowest BCUT2D eigenvalue weighted by molar-refractivity contribution is 0.0981. The van der Waals surface area contributed by atoms with Crippen molar-refractivity contribution < 1.29 is 14.3 Å². The van der Waals surface area contributed by atoms with Crippen molar-refractivity contribution >= 4 is 5.78 Å². The predicted octanol–water partition coefficient (Wildman–Crippen LogP) is 1.78. The fourth-order valence-corrected chi connectivity index (χ4v) is 2.04. The van der Waals surface area contributed by atoms with Gasteiger partial charge in [-0.15, -0.1) is 0 Å². The summed E-state index contributed by atoms with van der Waals surface area (Å²) >= 11 is 0. The van der Waals surface area contributed by atoms with Crippen molar-refractivity contribution in [3.63, 3.8) is 0 Å². The molecule has 0 spiro atoms. The largest absolute Gasteiger partial charge is 0.486 e. The van der Waals surface area contributed by atoms with Crippen LogP contribution in [0, 0.1) is 0 Å². The van der Waals surface area contributed by atoms with Gasteiger partial charge in [-0.05, 0) is 31.0 Å². The van der Waals surface area contributed by atoms with Crippen LogP contribution in [0.15, 0.2) is 18.2 Å². The van der Waals surface area contributed by atoms with Crippen LogP contribution in [0.1, 0.15) is 29.6 Å². The second-order valence-electron chi connectivity index (χ2n) is 4.76. The molecule has 1 aliphatic heterocycles. The van der Waals surface area contributed by atoms with Crippen LogP contribution in [0.2, 0.25) is 0 Å². The van der Waals surface area contributed by atoms with E-state index in [1.54, 1.807) is 6.07 Å². The maximum atomic E-state index is 12.0. The Bertz CT molecular complexity index is 454. The molecule has 96 valence electrons. The quantitative estimate of drug-likeness (QED) is 0.806. The summed E-state index contributed by atoms with van der Waals surface area (Å²) in [6.07, 6.45) is 3.03. The summed E-state index contributed by atoms with van der Waals surface area (Å²) in [5, 5.41) is 3.34. The van der Waals surface area contributed by atoms with Gasteiger partial charge in [0, 0.05) is 24.6 Å². The Kier molecular flexibility index (Phi) is 3.19. The molecule has 0 unspecified atom stereocenters. The van der Waals surface area contributed by atoms with Gasteiger partial charge in [-0.2, -0.15) is 0 Å². The molecular weight excluding hydrogens is 230 g/mol. The Labute approximate surface area is 106 Å². The minimum atomic E-state index is 0.153. The number of carbonyl (C=O) groups excluding carboxylic acids is 1. The fourth-order valence-electron chi connectivity index (χ4n) is 2.04. The molecule has 1 aromatic carbocycles. The number of benzene rings is 1. The van der Waals surface area contributed by atoms with Crippen molar-refractivity contribution in [1.29, 1.82) is 0 Å². The third-order valence-electron chi connectivity index (χ3n) is 3.23. The molecule has 18 heavy (non-hydrogen) atoms. The van der Waals surface area contributed by atoms with Gasteiger partial charge >= 0.3 is 0 Å². The van der Waals surface area contributed by atoms with Crippen LogP contribution in [0.3, 0.4) is 0 Å². The van der Waals surface area contributed by atoms with Crippen LogP contribution in [0.4, 0.5) is 0 Å². The van der Waals surface area contributed by atoms with Gasteiger partial charge in [0.05, 0.1) is 0 Å². The number of fused-ring (bicyclic) bond motifs is 1. The third kappa shape index (κ3) is 2.64. The van der Waals surface area contributed by atoms with Gasteiger partial charge < -0.3 is 14.8 Å². The van der Waals surface area contributed by atoms with Crippen molar-refractivity contribution in [2.24, 2.45) is 0 Å². The summed E-state index contributed by atoms with van der Waals surface area (Å²) < 4.78 is 10.9. The number of nitrogens with one attached hydrogen (secondary N) is 1. The number of hydrogen-bond donors (Lipinski definition) is 1. The van der Waals surface area contributed by atoms with Crippen LogP contribution < -0.4 is 14.8 Å². The zero-order chi connectivity index (χ0) is 12.4. The van der Waals surface area contributed by atoms with Crippen molar-refractivity contribution in [2.75, 3.05) is 19.8 Å². The first-order chi connectivity index (χ1) is 8.83. The highest BCUT2D eigenvalue weighted by molar-refractivity contribution is 5.96. The first-order valence-electron chi connectivity index (χ1n) is 6.49. The second-order valence-corrected chi connectivity index (χ2v) is 4.76. The highest BCUT2D eigenvalue weighted by Crippen LogP contribution is 2.31. The van der Waals surface area contributed by atoms with Gasteiger partial charge in [0.2, 0.25) is 0 Å². The highest BCUT2D eigenvalue weighted by Gasteiger charge is 2.20. The normalized spacial score (nSPS) is 17.6. The molecule has 0 radical (unpaired) electrons. The Hall–Kier alpha value is -1.55. The molecule has 2 aliphatic rings. The molecule has 0 aromatic heterocycles. The molecule has 0 atom stereocenters. The molecular formula is C14H17NO3. The minimum Gasteiger partial charge on any atom is -0.486 e. The lowest BCUT2D eigenvalue weighted by atomic mass is 10.1. The lowest BCUT2D eigenvalue weighted by Crippen LogP contribution is -2.20. The summed E-state index contributed by atoms with van der Waals surface area (Å²) in [5.74, 6) is 1.57. The standard InChI is InChI=1S/C14H17NO3/c16-12(5-6-15-11-2-3-11)10-1-4-13-14(9-10)18-8-7-17-13/h1,4,9,11,15H,2-3,5-8H2. The van der Waals surface area contributed by atoms with Crippen molar-refractivity contribution in [2.45, 2.75) is 25.3 Å². The molecule has 1 N–H and O–H groups in total. The number of hydrogen-bond acceptors (Lipinski definition) is 4. The topological polar surface area (TPSA) is 47.6 Å². The molecule has 1 aromatic rings. The molecule has 1 heterocycles.